The molecule has 0 aliphatic carbocycles. The van der Waals surface area contributed by atoms with Crippen molar-refractivity contribution in [3.05, 3.63) is 29.6 Å². The van der Waals surface area contributed by atoms with E-state index in [0.29, 0.717) is 6.04 Å². The van der Waals surface area contributed by atoms with Gasteiger partial charge in [0, 0.05) is 17.8 Å². The molecular formula is C11H15FN2. The number of hydrogen-bond donors (Lipinski definition) is 2. The summed E-state index contributed by atoms with van der Waals surface area (Å²) in [7, 11) is 0. The molecule has 0 bridgehead atoms. The number of halogens is 1. The summed E-state index contributed by atoms with van der Waals surface area (Å²) in [6.45, 7) is 2.12. The lowest BCUT2D eigenvalue weighted by Crippen LogP contribution is -2.31. The maximum absolute atomic E-state index is 13.0. The van der Waals surface area contributed by atoms with Crippen LogP contribution in [0.25, 0.3) is 0 Å². The number of benzene rings is 1. The van der Waals surface area contributed by atoms with Crippen molar-refractivity contribution in [2.75, 3.05) is 5.32 Å². The fraction of sp³-hybridized carbons (Fsp3) is 0.455. The molecule has 0 amide bonds. The minimum atomic E-state index is -0.212. The quantitative estimate of drug-likeness (QED) is 0.720. The molecular weight excluding hydrogens is 179 g/mol. The van der Waals surface area contributed by atoms with E-state index in [1.165, 1.54) is 12.1 Å². The Morgan fingerprint density at radius 3 is 3.07 bits per heavy atom. The molecule has 2 rings (SSSR count). The van der Waals surface area contributed by atoms with E-state index < -0.39 is 0 Å². The molecule has 2 nitrogen and oxygen atoms in total. The minimum Gasteiger partial charge on any atom is -0.382 e. The molecule has 0 spiro atoms. The van der Waals surface area contributed by atoms with Crippen LogP contribution in [-0.4, -0.2) is 6.04 Å². The summed E-state index contributed by atoms with van der Waals surface area (Å²) in [5.41, 5.74) is 7.86. The van der Waals surface area contributed by atoms with Crippen LogP contribution in [0.5, 0.6) is 0 Å². The van der Waals surface area contributed by atoms with Crippen molar-refractivity contribution in [2.24, 2.45) is 5.73 Å². The van der Waals surface area contributed by atoms with Crippen LogP contribution >= 0.6 is 0 Å². The van der Waals surface area contributed by atoms with Gasteiger partial charge in [-0.15, -0.1) is 0 Å². The molecule has 1 heterocycles. The van der Waals surface area contributed by atoms with Gasteiger partial charge in [-0.3, -0.25) is 0 Å². The number of nitrogens with one attached hydrogen (secondary N) is 1. The molecule has 76 valence electrons. The summed E-state index contributed by atoms with van der Waals surface area (Å²) < 4.78 is 13.0. The van der Waals surface area contributed by atoms with Crippen LogP contribution in [0.15, 0.2) is 18.2 Å². The molecule has 0 aromatic heterocycles. The Labute approximate surface area is 83.3 Å². The first-order valence-electron chi connectivity index (χ1n) is 5.02. The molecule has 0 saturated carbocycles. The lowest BCUT2D eigenvalue weighted by atomic mass is 9.92. The molecule has 3 heteroatoms. The Morgan fingerprint density at radius 2 is 2.36 bits per heavy atom. The predicted molar refractivity (Wildman–Crippen MR) is 55.6 cm³/mol. The zero-order valence-corrected chi connectivity index (χ0v) is 8.26. The van der Waals surface area contributed by atoms with Crippen LogP contribution in [0.3, 0.4) is 0 Å². The van der Waals surface area contributed by atoms with Crippen LogP contribution in [0, 0.1) is 5.82 Å². The zero-order chi connectivity index (χ0) is 10.1. The van der Waals surface area contributed by atoms with Gasteiger partial charge in [0.2, 0.25) is 0 Å². The maximum atomic E-state index is 13.0. The van der Waals surface area contributed by atoms with Crippen molar-refractivity contribution in [3.8, 4) is 0 Å². The largest absolute Gasteiger partial charge is 0.382 e. The van der Waals surface area contributed by atoms with Crippen LogP contribution in [0.4, 0.5) is 10.1 Å². The van der Waals surface area contributed by atoms with Crippen molar-refractivity contribution in [3.63, 3.8) is 0 Å². The Morgan fingerprint density at radius 1 is 1.57 bits per heavy atom. The highest BCUT2D eigenvalue weighted by Crippen LogP contribution is 2.32. The average molecular weight is 194 g/mol. The van der Waals surface area contributed by atoms with Crippen LogP contribution < -0.4 is 11.1 Å². The van der Waals surface area contributed by atoms with Crippen LogP contribution in [0.2, 0.25) is 0 Å². The molecule has 0 unspecified atom stereocenters. The molecule has 0 radical (unpaired) electrons. The number of fused-ring (bicyclic) bond motifs is 1. The van der Waals surface area contributed by atoms with Gasteiger partial charge < -0.3 is 11.1 Å². The Bertz CT molecular complexity index is 338. The Kier molecular flexibility index (Phi) is 2.42. The van der Waals surface area contributed by atoms with Gasteiger partial charge in [-0.25, -0.2) is 4.39 Å². The van der Waals surface area contributed by atoms with Gasteiger partial charge in [-0.1, -0.05) is 6.92 Å². The lowest BCUT2D eigenvalue weighted by Gasteiger charge is -2.30. The first-order chi connectivity index (χ1) is 6.70. The molecule has 0 saturated heterocycles. The summed E-state index contributed by atoms with van der Waals surface area (Å²) in [5, 5.41) is 3.36. The number of hydrogen-bond acceptors (Lipinski definition) is 2. The van der Waals surface area contributed by atoms with Gasteiger partial charge in [0.1, 0.15) is 5.82 Å². The van der Waals surface area contributed by atoms with Crippen molar-refractivity contribution < 1.29 is 4.39 Å². The van der Waals surface area contributed by atoms with Gasteiger partial charge >= 0.3 is 0 Å². The summed E-state index contributed by atoms with van der Waals surface area (Å²) in [5.74, 6) is -0.212. The van der Waals surface area contributed by atoms with Gasteiger partial charge in [0.05, 0.1) is 0 Å². The molecule has 3 N–H and O–H groups in total. The highest BCUT2D eigenvalue weighted by Gasteiger charge is 2.22. The third kappa shape index (κ3) is 1.60. The van der Waals surface area contributed by atoms with Crippen molar-refractivity contribution in [2.45, 2.75) is 31.8 Å². The van der Waals surface area contributed by atoms with Gasteiger partial charge in [0.15, 0.2) is 0 Å². The number of rotatable bonds is 1. The molecule has 0 fully saturated rings. The first kappa shape index (κ1) is 9.46. The highest BCUT2D eigenvalue weighted by atomic mass is 19.1. The molecule has 1 aromatic rings. The van der Waals surface area contributed by atoms with E-state index in [1.807, 2.05) is 0 Å². The highest BCUT2D eigenvalue weighted by molar-refractivity contribution is 5.55. The molecule has 1 aromatic carbocycles. The van der Waals surface area contributed by atoms with Crippen LogP contribution in [0.1, 0.15) is 31.4 Å². The number of anilines is 1. The molecule has 1 aliphatic rings. The van der Waals surface area contributed by atoms with E-state index in [0.717, 1.165) is 24.1 Å². The summed E-state index contributed by atoms with van der Waals surface area (Å²) in [6.07, 6.45) is 1.93. The molecule has 2 atom stereocenters. The molecule has 1 aliphatic heterocycles. The topological polar surface area (TPSA) is 38.0 Å². The van der Waals surface area contributed by atoms with Crippen molar-refractivity contribution >= 4 is 5.69 Å². The van der Waals surface area contributed by atoms with Crippen molar-refractivity contribution in [1.29, 1.82) is 0 Å². The van der Waals surface area contributed by atoms with Crippen LogP contribution in [-0.2, 0) is 0 Å². The fourth-order valence-electron chi connectivity index (χ4n) is 1.95. The third-order valence-electron chi connectivity index (χ3n) is 2.80. The zero-order valence-electron chi connectivity index (χ0n) is 8.26. The van der Waals surface area contributed by atoms with E-state index in [1.54, 1.807) is 6.07 Å². The van der Waals surface area contributed by atoms with E-state index in [4.69, 9.17) is 5.73 Å². The minimum absolute atomic E-state index is 0.0353. The van der Waals surface area contributed by atoms with E-state index >= 15 is 0 Å². The van der Waals surface area contributed by atoms with Gasteiger partial charge in [0.25, 0.3) is 0 Å². The van der Waals surface area contributed by atoms with E-state index in [9.17, 15) is 4.39 Å². The second-order valence-electron chi connectivity index (χ2n) is 3.82. The van der Waals surface area contributed by atoms with Gasteiger partial charge in [-0.05, 0) is 36.6 Å². The first-order valence-corrected chi connectivity index (χ1v) is 5.02. The monoisotopic (exact) mass is 194 g/mol. The second kappa shape index (κ2) is 3.58. The van der Waals surface area contributed by atoms with Crippen molar-refractivity contribution in [1.82, 2.24) is 0 Å². The fourth-order valence-corrected chi connectivity index (χ4v) is 1.95. The van der Waals surface area contributed by atoms with E-state index in [2.05, 4.69) is 12.2 Å². The summed E-state index contributed by atoms with van der Waals surface area (Å²) in [4.78, 5) is 0. The Balaban J connectivity index is 2.35. The number of nitrogens with two attached hydrogens (primary N) is 1. The van der Waals surface area contributed by atoms with Gasteiger partial charge in [-0.2, -0.15) is 0 Å². The van der Waals surface area contributed by atoms with E-state index in [-0.39, 0.29) is 11.9 Å². The molecule has 14 heavy (non-hydrogen) atoms. The smallest absolute Gasteiger partial charge is 0.123 e. The SMILES string of the molecule is CC[C@@H]1C[C@H](N)c2cc(F)ccc2N1. The Hall–Kier alpha value is -1.09. The normalized spacial score (nSPS) is 25.4. The maximum Gasteiger partial charge on any atom is 0.123 e. The lowest BCUT2D eigenvalue weighted by molar-refractivity contribution is 0.526. The summed E-state index contributed by atoms with van der Waals surface area (Å²) in [6, 6.07) is 5.15. The third-order valence-corrected chi connectivity index (χ3v) is 2.80. The average Bonchev–Trinajstić information content (AvgIpc) is 2.19. The predicted octanol–water partition coefficient (Wildman–Crippen LogP) is 2.42. The standard InChI is InChI=1S/C11H15FN2/c1-2-8-6-10(13)9-5-7(12)3-4-11(9)14-8/h3-5,8,10,14H,2,6,13H2,1H3/t8-,10+/m1/s1. The second-order valence-corrected chi connectivity index (χ2v) is 3.82. The summed E-state index contributed by atoms with van der Waals surface area (Å²) >= 11 is 0.